The Balaban J connectivity index is 2.54. The van der Waals surface area contributed by atoms with Crippen LogP contribution in [0.25, 0.3) is 11.3 Å². The van der Waals surface area contributed by atoms with E-state index in [-0.39, 0.29) is 16.2 Å². The van der Waals surface area contributed by atoms with Crippen LogP contribution in [0.2, 0.25) is 0 Å². The van der Waals surface area contributed by atoms with Gasteiger partial charge in [0.25, 0.3) is 0 Å². The van der Waals surface area contributed by atoms with Gasteiger partial charge in [-0.05, 0) is 23.2 Å². The Hall–Kier alpha value is -1.60. The number of nitrogens with one attached hydrogen (secondary N) is 1. The number of H-pyrrole nitrogens is 1. The molecule has 2 aromatic heterocycles. The molecule has 84 valence electrons. The number of halogens is 2. The molecule has 16 heavy (non-hydrogen) atoms. The van der Waals surface area contributed by atoms with Crippen molar-refractivity contribution in [3.63, 3.8) is 0 Å². The molecule has 2 aromatic rings. The van der Waals surface area contributed by atoms with E-state index in [9.17, 15) is 17.5 Å². The molecule has 1 atom stereocenters. The van der Waals surface area contributed by atoms with Crippen LogP contribution in [-0.4, -0.2) is 18.7 Å². The van der Waals surface area contributed by atoms with Crippen molar-refractivity contribution < 1.29 is 17.5 Å². The van der Waals surface area contributed by atoms with Gasteiger partial charge < -0.3 is 9.54 Å². The third kappa shape index (κ3) is 1.86. The van der Waals surface area contributed by atoms with Crippen LogP contribution >= 0.6 is 0 Å². The first kappa shape index (κ1) is 10.9. The highest BCUT2D eigenvalue weighted by atomic mass is 32.2. The molecule has 0 radical (unpaired) electrons. The summed E-state index contributed by atoms with van der Waals surface area (Å²) in [5.41, 5.74) is -0.346. The second-order valence-electron chi connectivity index (χ2n) is 2.94. The van der Waals surface area contributed by atoms with Crippen molar-refractivity contribution in [1.82, 2.24) is 9.97 Å². The summed E-state index contributed by atoms with van der Waals surface area (Å²) in [6.45, 7) is 0. The molecule has 7 heteroatoms. The molecule has 0 aliphatic rings. The zero-order chi connectivity index (χ0) is 11.7. The zero-order valence-electron chi connectivity index (χ0n) is 7.74. The summed E-state index contributed by atoms with van der Waals surface area (Å²) in [5, 5.41) is 0. The van der Waals surface area contributed by atoms with Crippen molar-refractivity contribution in [2.24, 2.45) is 0 Å². The molecule has 0 amide bonds. The number of aromatic nitrogens is 2. The Morgan fingerprint density at radius 3 is 2.75 bits per heavy atom. The van der Waals surface area contributed by atoms with Gasteiger partial charge >= 0.3 is 0 Å². The quantitative estimate of drug-likeness (QED) is 0.643. The maximum absolute atomic E-state index is 13.3. The number of aromatic amines is 1. The first-order valence-corrected chi connectivity index (χ1v) is 5.25. The van der Waals surface area contributed by atoms with E-state index in [1.54, 1.807) is 0 Å². The number of nitrogens with zero attached hydrogens (tertiary/aromatic N) is 1. The minimum atomic E-state index is -2.44. The maximum Gasteiger partial charge on any atom is 0.225 e. The average Bonchev–Trinajstić information content (AvgIpc) is 2.66. The van der Waals surface area contributed by atoms with Gasteiger partial charge in [-0.15, -0.1) is 0 Å². The molecule has 0 saturated carbocycles. The molecule has 0 aromatic carbocycles. The number of hydrogen-bond donors (Lipinski definition) is 1. The van der Waals surface area contributed by atoms with Crippen molar-refractivity contribution >= 4 is 11.1 Å². The first-order valence-electron chi connectivity index (χ1n) is 4.17. The van der Waals surface area contributed by atoms with Gasteiger partial charge in [-0.3, -0.25) is 4.21 Å². The van der Waals surface area contributed by atoms with Gasteiger partial charge in [0.1, 0.15) is 5.82 Å². The third-order valence-electron chi connectivity index (χ3n) is 1.97. The van der Waals surface area contributed by atoms with Crippen LogP contribution in [0.5, 0.6) is 0 Å². The molecule has 2 heterocycles. The summed E-state index contributed by atoms with van der Waals surface area (Å²) in [4.78, 5) is 5.69. The molecule has 0 spiro atoms. The normalized spacial score (nSPS) is 12.7. The first-order chi connectivity index (χ1) is 7.59. The standard InChI is InChI=1S/C9H6F2N2O2S/c10-6-1-2-12-9(11)8(6)7-3-5(4-13-7)16(14)15/h1-4,13H,(H,14,15)/p-1. The summed E-state index contributed by atoms with van der Waals surface area (Å²) in [6, 6.07) is 2.12. The van der Waals surface area contributed by atoms with Gasteiger partial charge in [-0.1, -0.05) is 0 Å². The summed E-state index contributed by atoms with van der Waals surface area (Å²) in [7, 11) is 0. The lowest BCUT2D eigenvalue weighted by Gasteiger charge is -2.01. The van der Waals surface area contributed by atoms with Crippen LogP contribution in [0.3, 0.4) is 0 Å². The maximum atomic E-state index is 13.3. The lowest BCUT2D eigenvalue weighted by atomic mass is 10.2. The summed E-state index contributed by atoms with van der Waals surface area (Å²) in [5.74, 6) is -1.80. The Kier molecular flexibility index (Phi) is 2.80. The number of pyridine rings is 1. The molecule has 4 nitrogen and oxygen atoms in total. The molecule has 0 saturated heterocycles. The molecule has 0 aliphatic heterocycles. The van der Waals surface area contributed by atoms with Gasteiger partial charge in [0.2, 0.25) is 5.95 Å². The van der Waals surface area contributed by atoms with Gasteiger partial charge in [0, 0.05) is 17.3 Å². The fraction of sp³-hybridized carbons (Fsp3) is 0. The fourth-order valence-corrected chi connectivity index (χ4v) is 1.64. The highest BCUT2D eigenvalue weighted by Crippen LogP contribution is 2.24. The molecule has 0 aliphatic carbocycles. The summed E-state index contributed by atoms with van der Waals surface area (Å²) < 4.78 is 47.7. The molecular weight excluding hydrogens is 238 g/mol. The average molecular weight is 243 g/mol. The van der Waals surface area contributed by atoms with E-state index in [1.165, 1.54) is 0 Å². The SMILES string of the molecule is O=S([O-])c1c[nH]c(-c2c(F)ccnc2F)c1. The van der Waals surface area contributed by atoms with Gasteiger partial charge in [-0.2, -0.15) is 4.39 Å². The highest BCUT2D eigenvalue weighted by Gasteiger charge is 2.13. The van der Waals surface area contributed by atoms with Crippen molar-refractivity contribution in [2.45, 2.75) is 4.90 Å². The predicted octanol–water partition coefficient (Wildman–Crippen LogP) is 1.59. The van der Waals surface area contributed by atoms with Crippen LogP contribution < -0.4 is 0 Å². The lowest BCUT2D eigenvalue weighted by Crippen LogP contribution is -1.92. The van der Waals surface area contributed by atoms with E-state index in [0.29, 0.717) is 0 Å². The lowest BCUT2D eigenvalue weighted by molar-refractivity contribution is 0.537. The van der Waals surface area contributed by atoms with Gasteiger partial charge in [0.05, 0.1) is 11.3 Å². The van der Waals surface area contributed by atoms with Gasteiger partial charge in [-0.25, -0.2) is 9.37 Å². The van der Waals surface area contributed by atoms with Crippen LogP contribution in [-0.2, 0) is 11.1 Å². The smallest absolute Gasteiger partial charge is 0.225 e. The Morgan fingerprint density at radius 2 is 2.19 bits per heavy atom. The van der Waals surface area contributed by atoms with Crippen LogP contribution in [0.15, 0.2) is 29.4 Å². The second-order valence-corrected chi connectivity index (χ2v) is 3.88. The van der Waals surface area contributed by atoms with E-state index < -0.39 is 22.8 Å². The van der Waals surface area contributed by atoms with Crippen molar-refractivity contribution in [1.29, 1.82) is 0 Å². The highest BCUT2D eigenvalue weighted by molar-refractivity contribution is 7.79. The minimum absolute atomic E-state index is 0.0299. The molecule has 1 N–H and O–H groups in total. The Labute approximate surface area is 91.6 Å². The molecule has 2 rings (SSSR count). The van der Waals surface area contributed by atoms with E-state index >= 15 is 0 Å². The Morgan fingerprint density at radius 1 is 1.44 bits per heavy atom. The van der Waals surface area contributed by atoms with E-state index in [4.69, 9.17) is 0 Å². The van der Waals surface area contributed by atoms with Crippen molar-refractivity contribution in [3.8, 4) is 11.3 Å². The molecule has 0 fully saturated rings. The van der Waals surface area contributed by atoms with Crippen LogP contribution in [0, 0.1) is 11.8 Å². The van der Waals surface area contributed by atoms with Crippen LogP contribution in [0.1, 0.15) is 0 Å². The Bertz CT molecular complexity index is 536. The molecular formula is C9H5F2N2O2S-. The summed E-state index contributed by atoms with van der Waals surface area (Å²) in [6.07, 6.45) is 2.13. The van der Waals surface area contributed by atoms with E-state index in [2.05, 4.69) is 9.97 Å². The van der Waals surface area contributed by atoms with Crippen LogP contribution in [0.4, 0.5) is 8.78 Å². The predicted molar refractivity (Wildman–Crippen MR) is 51.1 cm³/mol. The van der Waals surface area contributed by atoms with Crippen molar-refractivity contribution in [2.75, 3.05) is 0 Å². The van der Waals surface area contributed by atoms with E-state index in [1.807, 2.05) is 0 Å². The van der Waals surface area contributed by atoms with Gasteiger partial charge in [0.15, 0.2) is 0 Å². The van der Waals surface area contributed by atoms with E-state index in [0.717, 1.165) is 24.5 Å². The zero-order valence-corrected chi connectivity index (χ0v) is 8.55. The molecule has 1 unspecified atom stereocenters. The summed E-state index contributed by atoms with van der Waals surface area (Å²) >= 11 is -2.44. The van der Waals surface area contributed by atoms with Crippen molar-refractivity contribution in [3.05, 3.63) is 36.3 Å². The number of rotatable bonds is 2. The second kappa shape index (κ2) is 4.11. The number of hydrogen-bond acceptors (Lipinski definition) is 3. The minimum Gasteiger partial charge on any atom is -0.768 e. The topological polar surface area (TPSA) is 68.8 Å². The monoisotopic (exact) mass is 243 g/mol. The molecule has 0 bridgehead atoms. The fourth-order valence-electron chi connectivity index (χ4n) is 1.27. The largest absolute Gasteiger partial charge is 0.768 e. The third-order valence-corrected chi connectivity index (χ3v) is 2.59.